The standard InChI is InChI=1S/C15H29N3O3.HI/c1-11(2)10-21-7-6-17-15(16-4)18-8-12(3)13(9-18)14(19)20-5;/h11-13H,6-10H2,1-5H3,(H,16,17);1H. The van der Waals surface area contributed by atoms with Gasteiger partial charge in [0.2, 0.25) is 0 Å². The maximum atomic E-state index is 11.7. The molecule has 2 atom stereocenters. The van der Waals surface area contributed by atoms with E-state index in [2.05, 4.69) is 36.0 Å². The van der Waals surface area contributed by atoms with E-state index < -0.39 is 0 Å². The SMILES string of the molecule is CN=C(NCCOCC(C)C)N1CC(C)C(C(=O)OC)C1.I. The third kappa shape index (κ3) is 6.68. The number of nitrogens with zero attached hydrogens (tertiary/aromatic N) is 2. The average molecular weight is 427 g/mol. The molecule has 0 aromatic heterocycles. The second-order valence-corrected chi connectivity index (χ2v) is 5.95. The molecule has 130 valence electrons. The number of carbonyl (C=O) groups is 1. The van der Waals surface area contributed by atoms with Crippen LogP contribution in [0.4, 0.5) is 0 Å². The van der Waals surface area contributed by atoms with E-state index in [9.17, 15) is 4.79 Å². The molecule has 0 radical (unpaired) electrons. The van der Waals surface area contributed by atoms with Gasteiger partial charge in [-0.05, 0) is 11.8 Å². The summed E-state index contributed by atoms with van der Waals surface area (Å²) in [6.45, 7) is 9.93. The molecule has 0 spiro atoms. The van der Waals surface area contributed by atoms with Crippen molar-refractivity contribution in [3.63, 3.8) is 0 Å². The second-order valence-electron chi connectivity index (χ2n) is 5.95. The van der Waals surface area contributed by atoms with Crippen LogP contribution in [-0.4, -0.2) is 63.8 Å². The van der Waals surface area contributed by atoms with Gasteiger partial charge in [-0.2, -0.15) is 0 Å². The van der Waals surface area contributed by atoms with E-state index in [4.69, 9.17) is 9.47 Å². The quantitative estimate of drug-likeness (QED) is 0.229. The molecule has 1 aliphatic heterocycles. The van der Waals surface area contributed by atoms with Crippen molar-refractivity contribution in [2.45, 2.75) is 20.8 Å². The number of carbonyl (C=O) groups excluding carboxylic acids is 1. The number of halogens is 1. The second kappa shape index (κ2) is 11.0. The van der Waals surface area contributed by atoms with Gasteiger partial charge in [0.25, 0.3) is 0 Å². The largest absolute Gasteiger partial charge is 0.469 e. The van der Waals surface area contributed by atoms with Crippen LogP contribution in [0, 0.1) is 17.8 Å². The Morgan fingerprint density at radius 3 is 2.64 bits per heavy atom. The van der Waals surface area contributed by atoms with Gasteiger partial charge < -0.3 is 19.7 Å². The van der Waals surface area contributed by atoms with E-state index in [1.54, 1.807) is 7.05 Å². The molecule has 2 unspecified atom stereocenters. The smallest absolute Gasteiger partial charge is 0.310 e. The topological polar surface area (TPSA) is 63.2 Å². The monoisotopic (exact) mass is 427 g/mol. The average Bonchev–Trinajstić information content (AvgIpc) is 2.83. The summed E-state index contributed by atoms with van der Waals surface area (Å²) >= 11 is 0. The lowest BCUT2D eigenvalue weighted by atomic mass is 9.99. The number of likely N-dealkylation sites (tertiary alicyclic amines) is 1. The number of methoxy groups -OCH3 is 1. The van der Waals surface area contributed by atoms with Gasteiger partial charge in [-0.1, -0.05) is 20.8 Å². The lowest BCUT2D eigenvalue weighted by Gasteiger charge is -2.21. The minimum absolute atomic E-state index is 0. The third-order valence-electron chi connectivity index (χ3n) is 3.61. The molecule has 0 aromatic carbocycles. The Labute approximate surface area is 151 Å². The summed E-state index contributed by atoms with van der Waals surface area (Å²) in [5.74, 6) is 1.42. The molecule has 0 aromatic rings. The molecule has 22 heavy (non-hydrogen) atoms. The van der Waals surface area contributed by atoms with Gasteiger partial charge in [-0.3, -0.25) is 9.79 Å². The predicted molar refractivity (Wildman–Crippen MR) is 98.7 cm³/mol. The first-order valence-corrected chi connectivity index (χ1v) is 7.60. The van der Waals surface area contributed by atoms with Crippen molar-refractivity contribution in [1.82, 2.24) is 10.2 Å². The Morgan fingerprint density at radius 1 is 1.41 bits per heavy atom. The number of nitrogens with one attached hydrogen (secondary N) is 1. The fourth-order valence-electron chi connectivity index (χ4n) is 2.48. The van der Waals surface area contributed by atoms with Crippen molar-refractivity contribution in [2.24, 2.45) is 22.7 Å². The number of esters is 1. The van der Waals surface area contributed by atoms with Gasteiger partial charge in [0, 0.05) is 33.3 Å². The highest BCUT2D eigenvalue weighted by Gasteiger charge is 2.36. The molecule has 0 saturated carbocycles. The summed E-state index contributed by atoms with van der Waals surface area (Å²) in [6, 6.07) is 0. The van der Waals surface area contributed by atoms with Crippen molar-refractivity contribution < 1.29 is 14.3 Å². The summed E-state index contributed by atoms with van der Waals surface area (Å²) in [5, 5.41) is 3.28. The highest BCUT2D eigenvalue weighted by molar-refractivity contribution is 14.0. The molecule has 1 rings (SSSR count). The minimum atomic E-state index is -0.138. The molecule has 0 aliphatic carbocycles. The first kappa shape index (κ1) is 21.4. The molecular formula is C15H30IN3O3. The molecular weight excluding hydrogens is 397 g/mol. The lowest BCUT2D eigenvalue weighted by molar-refractivity contribution is -0.145. The van der Waals surface area contributed by atoms with Gasteiger partial charge in [-0.15, -0.1) is 24.0 Å². The molecule has 1 saturated heterocycles. The van der Waals surface area contributed by atoms with E-state index in [1.165, 1.54) is 7.11 Å². The molecule has 1 fully saturated rings. The van der Waals surface area contributed by atoms with Crippen LogP contribution in [0.15, 0.2) is 4.99 Å². The fraction of sp³-hybridized carbons (Fsp3) is 0.867. The van der Waals surface area contributed by atoms with Crippen LogP contribution in [0.25, 0.3) is 0 Å². The number of guanidine groups is 1. The number of ether oxygens (including phenoxy) is 2. The van der Waals surface area contributed by atoms with Gasteiger partial charge in [0.15, 0.2) is 5.96 Å². The van der Waals surface area contributed by atoms with Crippen LogP contribution in [0.3, 0.4) is 0 Å². The maximum absolute atomic E-state index is 11.7. The number of hydrogen-bond donors (Lipinski definition) is 1. The van der Waals surface area contributed by atoms with Crippen molar-refractivity contribution in [2.75, 3.05) is 47.0 Å². The van der Waals surface area contributed by atoms with E-state index in [-0.39, 0.29) is 41.8 Å². The van der Waals surface area contributed by atoms with E-state index in [1.807, 2.05) is 0 Å². The van der Waals surface area contributed by atoms with Crippen LogP contribution >= 0.6 is 24.0 Å². The summed E-state index contributed by atoms with van der Waals surface area (Å²) in [5.41, 5.74) is 0. The Balaban J connectivity index is 0.00000441. The zero-order chi connectivity index (χ0) is 15.8. The zero-order valence-electron chi connectivity index (χ0n) is 14.3. The Hall–Kier alpha value is -0.570. The normalized spacial score (nSPS) is 21.7. The van der Waals surface area contributed by atoms with Gasteiger partial charge >= 0.3 is 5.97 Å². The van der Waals surface area contributed by atoms with Gasteiger partial charge in [-0.25, -0.2) is 0 Å². The lowest BCUT2D eigenvalue weighted by Crippen LogP contribution is -2.42. The Bertz CT molecular complexity index is 364. The number of aliphatic imine (C=N–C) groups is 1. The highest BCUT2D eigenvalue weighted by Crippen LogP contribution is 2.23. The minimum Gasteiger partial charge on any atom is -0.469 e. The van der Waals surface area contributed by atoms with Crippen molar-refractivity contribution in [3.05, 3.63) is 0 Å². The molecule has 1 N–H and O–H groups in total. The van der Waals surface area contributed by atoms with Crippen LogP contribution in [0.1, 0.15) is 20.8 Å². The molecule has 6 nitrogen and oxygen atoms in total. The van der Waals surface area contributed by atoms with Crippen molar-refractivity contribution in [1.29, 1.82) is 0 Å². The predicted octanol–water partition coefficient (Wildman–Crippen LogP) is 1.59. The van der Waals surface area contributed by atoms with Crippen molar-refractivity contribution in [3.8, 4) is 0 Å². The summed E-state index contributed by atoms with van der Waals surface area (Å²) in [7, 11) is 3.20. The van der Waals surface area contributed by atoms with Crippen molar-refractivity contribution >= 4 is 35.9 Å². The first-order valence-electron chi connectivity index (χ1n) is 7.60. The molecule has 0 bridgehead atoms. The Morgan fingerprint density at radius 2 is 2.09 bits per heavy atom. The molecule has 1 aliphatic rings. The molecule has 1 heterocycles. The Kier molecular flexibility index (Phi) is 10.8. The summed E-state index contributed by atoms with van der Waals surface area (Å²) < 4.78 is 10.4. The first-order chi connectivity index (χ1) is 9.99. The number of rotatable bonds is 6. The van der Waals surface area contributed by atoms with Crippen LogP contribution < -0.4 is 5.32 Å². The van der Waals surface area contributed by atoms with E-state index in [0.717, 1.165) is 19.1 Å². The van der Waals surface area contributed by atoms with Crippen LogP contribution in [-0.2, 0) is 14.3 Å². The van der Waals surface area contributed by atoms with Crippen LogP contribution in [0.5, 0.6) is 0 Å². The van der Waals surface area contributed by atoms with E-state index >= 15 is 0 Å². The summed E-state index contributed by atoms with van der Waals surface area (Å²) in [4.78, 5) is 18.1. The van der Waals surface area contributed by atoms with Crippen LogP contribution in [0.2, 0.25) is 0 Å². The zero-order valence-corrected chi connectivity index (χ0v) is 16.6. The van der Waals surface area contributed by atoms with Gasteiger partial charge in [0.1, 0.15) is 0 Å². The fourth-order valence-corrected chi connectivity index (χ4v) is 2.48. The molecule has 0 amide bonds. The maximum Gasteiger partial charge on any atom is 0.310 e. The highest BCUT2D eigenvalue weighted by atomic mass is 127. The van der Waals surface area contributed by atoms with E-state index in [0.29, 0.717) is 25.6 Å². The summed E-state index contributed by atoms with van der Waals surface area (Å²) in [6.07, 6.45) is 0. The third-order valence-corrected chi connectivity index (χ3v) is 3.61. The number of hydrogen-bond acceptors (Lipinski definition) is 4. The molecule has 7 heteroatoms. The van der Waals surface area contributed by atoms with Gasteiger partial charge in [0.05, 0.1) is 19.6 Å².